The quantitative estimate of drug-likeness (QED) is 0.780. The van der Waals surface area contributed by atoms with E-state index in [0.29, 0.717) is 16.7 Å². The van der Waals surface area contributed by atoms with Crippen LogP contribution in [-0.2, 0) is 7.05 Å². The lowest BCUT2D eigenvalue weighted by molar-refractivity contribution is 0.580. The number of nitrogens with zero attached hydrogens (tertiary/aromatic N) is 5. The van der Waals surface area contributed by atoms with Gasteiger partial charge in [0.25, 0.3) is 0 Å². The zero-order chi connectivity index (χ0) is 15.8. The summed E-state index contributed by atoms with van der Waals surface area (Å²) in [6, 6.07) is 8.01. The van der Waals surface area contributed by atoms with E-state index in [1.54, 1.807) is 6.20 Å². The van der Waals surface area contributed by atoms with Crippen molar-refractivity contribution in [3.05, 3.63) is 35.5 Å². The summed E-state index contributed by atoms with van der Waals surface area (Å²) in [6.07, 6.45) is 1.67. The zero-order valence-electron chi connectivity index (χ0n) is 12.8. The number of rotatable bonds is 2. The Labute approximate surface area is 139 Å². The summed E-state index contributed by atoms with van der Waals surface area (Å²) in [4.78, 5) is 15.9. The SMILES string of the molecule is Cn1c(-c2nc(N3CCNCC3)ncc2Cl)nc2ccccc21. The summed E-state index contributed by atoms with van der Waals surface area (Å²) >= 11 is 6.36. The highest BCUT2D eigenvalue weighted by Crippen LogP contribution is 2.28. The van der Waals surface area contributed by atoms with Crippen LogP contribution in [0.25, 0.3) is 22.6 Å². The van der Waals surface area contributed by atoms with Crippen molar-refractivity contribution in [2.45, 2.75) is 0 Å². The third kappa shape index (κ3) is 2.54. The Bertz CT molecular complexity index is 853. The van der Waals surface area contributed by atoms with Gasteiger partial charge < -0.3 is 14.8 Å². The number of fused-ring (bicyclic) bond motifs is 1. The van der Waals surface area contributed by atoms with Crippen molar-refractivity contribution < 1.29 is 0 Å². The van der Waals surface area contributed by atoms with Gasteiger partial charge in [0.2, 0.25) is 5.95 Å². The molecule has 3 aromatic rings. The molecule has 6 nitrogen and oxygen atoms in total. The summed E-state index contributed by atoms with van der Waals surface area (Å²) in [6.45, 7) is 3.66. The molecule has 2 aromatic heterocycles. The van der Waals surface area contributed by atoms with Crippen LogP contribution in [0.3, 0.4) is 0 Å². The van der Waals surface area contributed by atoms with Gasteiger partial charge in [-0.2, -0.15) is 0 Å². The molecule has 0 saturated carbocycles. The Morgan fingerprint density at radius 1 is 1.13 bits per heavy atom. The van der Waals surface area contributed by atoms with E-state index >= 15 is 0 Å². The molecule has 118 valence electrons. The number of imidazole rings is 1. The maximum Gasteiger partial charge on any atom is 0.226 e. The van der Waals surface area contributed by atoms with Crippen molar-refractivity contribution in [3.8, 4) is 11.5 Å². The molecule has 0 unspecified atom stereocenters. The second-order valence-corrected chi connectivity index (χ2v) is 5.99. The number of anilines is 1. The number of aryl methyl sites for hydroxylation is 1. The topological polar surface area (TPSA) is 58.9 Å². The van der Waals surface area contributed by atoms with Gasteiger partial charge in [-0.1, -0.05) is 23.7 Å². The molecule has 1 saturated heterocycles. The monoisotopic (exact) mass is 328 g/mol. The molecule has 1 aliphatic rings. The summed E-state index contributed by atoms with van der Waals surface area (Å²) < 4.78 is 2.02. The van der Waals surface area contributed by atoms with Crippen LogP contribution in [-0.4, -0.2) is 45.7 Å². The van der Waals surface area contributed by atoms with E-state index in [1.807, 2.05) is 35.9 Å². The summed E-state index contributed by atoms with van der Waals surface area (Å²) in [5.41, 5.74) is 2.67. The highest BCUT2D eigenvalue weighted by molar-refractivity contribution is 6.32. The molecule has 3 heterocycles. The van der Waals surface area contributed by atoms with Crippen LogP contribution < -0.4 is 10.2 Å². The lowest BCUT2D eigenvalue weighted by Gasteiger charge is -2.27. The molecule has 1 aromatic carbocycles. The first-order chi connectivity index (χ1) is 11.2. The molecule has 0 radical (unpaired) electrons. The van der Waals surface area contributed by atoms with Crippen LogP contribution in [0.2, 0.25) is 5.02 Å². The number of halogens is 1. The standard InChI is InChI=1S/C16H17ClN6/c1-22-13-5-3-2-4-12(13)20-15(22)14-11(17)10-19-16(21-14)23-8-6-18-7-9-23/h2-5,10,18H,6-9H2,1H3. The van der Waals surface area contributed by atoms with E-state index < -0.39 is 0 Å². The first-order valence-electron chi connectivity index (χ1n) is 7.64. The molecule has 7 heteroatoms. The van der Waals surface area contributed by atoms with Crippen molar-refractivity contribution in [2.75, 3.05) is 31.1 Å². The van der Waals surface area contributed by atoms with Crippen LogP contribution in [0, 0.1) is 0 Å². The van der Waals surface area contributed by atoms with E-state index in [4.69, 9.17) is 16.6 Å². The minimum absolute atomic E-state index is 0.516. The van der Waals surface area contributed by atoms with Crippen molar-refractivity contribution in [1.82, 2.24) is 24.8 Å². The molecule has 0 spiro atoms. The van der Waals surface area contributed by atoms with Crippen LogP contribution in [0.1, 0.15) is 0 Å². The van der Waals surface area contributed by atoms with E-state index in [0.717, 1.165) is 43.0 Å². The molecule has 4 rings (SSSR count). The van der Waals surface area contributed by atoms with E-state index in [9.17, 15) is 0 Å². The van der Waals surface area contributed by atoms with Crippen molar-refractivity contribution >= 4 is 28.6 Å². The van der Waals surface area contributed by atoms with Gasteiger partial charge in [0.1, 0.15) is 5.69 Å². The molecule has 0 atom stereocenters. The summed E-state index contributed by atoms with van der Waals surface area (Å²) in [5, 5.41) is 3.85. The van der Waals surface area contributed by atoms with Gasteiger partial charge in [-0.3, -0.25) is 0 Å². The average molecular weight is 329 g/mol. The fourth-order valence-corrected chi connectivity index (χ4v) is 3.06. The molecule has 1 aliphatic heterocycles. The molecular formula is C16H17ClN6. The Balaban J connectivity index is 1.81. The van der Waals surface area contributed by atoms with Gasteiger partial charge in [0, 0.05) is 33.2 Å². The second-order valence-electron chi connectivity index (χ2n) is 5.59. The van der Waals surface area contributed by atoms with Crippen molar-refractivity contribution in [1.29, 1.82) is 0 Å². The predicted molar refractivity (Wildman–Crippen MR) is 91.8 cm³/mol. The second kappa shape index (κ2) is 5.79. The fraction of sp³-hybridized carbons (Fsp3) is 0.312. The number of benzene rings is 1. The van der Waals surface area contributed by atoms with Gasteiger partial charge in [-0.05, 0) is 12.1 Å². The lowest BCUT2D eigenvalue weighted by Crippen LogP contribution is -2.44. The molecule has 0 aliphatic carbocycles. The first kappa shape index (κ1) is 14.4. The van der Waals surface area contributed by atoms with Crippen LogP contribution in [0.15, 0.2) is 30.5 Å². The van der Waals surface area contributed by atoms with Crippen molar-refractivity contribution in [2.24, 2.45) is 7.05 Å². The summed E-state index contributed by atoms with van der Waals surface area (Å²) in [5.74, 6) is 1.47. The van der Waals surface area contributed by atoms with Crippen LogP contribution in [0.4, 0.5) is 5.95 Å². The van der Waals surface area contributed by atoms with Crippen LogP contribution in [0.5, 0.6) is 0 Å². The van der Waals surface area contributed by atoms with Gasteiger partial charge in [-0.25, -0.2) is 15.0 Å². The smallest absolute Gasteiger partial charge is 0.226 e. The summed E-state index contributed by atoms with van der Waals surface area (Å²) in [7, 11) is 1.98. The largest absolute Gasteiger partial charge is 0.338 e. The molecule has 0 amide bonds. The Kier molecular flexibility index (Phi) is 3.63. The van der Waals surface area contributed by atoms with Crippen LogP contribution >= 0.6 is 11.6 Å². The number of hydrogen-bond donors (Lipinski definition) is 1. The van der Waals surface area contributed by atoms with Gasteiger partial charge in [0.15, 0.2) is 5.82 Å². The van der Waals surface area contributed by atoms with Gasteiger partial charge in [-0.15, -0.1) is 0 Å². The molecule has 0 bridgehead atoms. The molecule has 1 fully saturated rings. The maximum atomic E-state index is 6.36. The molecular weight excluding hydrogens is 312 g/mol. The molecule has 23 heavy (non-hydrogen) atoms. The number of hydrogen-bond acceptors (Lipinski definition) is 5. The van der Waals surface area contributed by atoms with Gasteiger partial charge in [0.05, 0.1) is 22.3 Å². The highest BCUT2D eigenvalue weighted by atomic mass is 35.5. The predicted octanol–water partition coefficient (Wildman–Crippen LogP) is 2.09. The van der Waals surface area contributed by atoms with Gasteiger partial charge >= 0.3 is 0 Å². The maximum absolute atomic E-state index is 6.36. The average Bonchev–Trinajstić information content (AvgIpc) is 2.93. The zero-order valence-corrected chi connectivity index (χ0v) is 13.6. The molecule has 1 N–H and O–H groups in total. The Morgan fingerprint density at radius 2 is 1.91 bits per heavy atom. The number of piperazine rings is 1. The Morgan fingerprint density at radius 3 is 2.70 bits per heavy atom. The Hall–Kier alpha value is -2.18. The van der Waals surface area contributed by atoms with E-state index in [1.165, 1.54) is 0 Å². The highest BCUT2D eigenvalue weighted by Gasteiger charge is 2.19. The third-order valence-corrected chi connectivity index (χ3v) is 4.41. The lowest BCUT2D eigenvalue weighted by atomic mass is 10.3. The third-order valence-electron chi connectivity index (χ3n) is 4.13. The number of aromatic nitrogens is 4. The number of nitrogens with one attached hydrogen (secondary N) is 1. The number of para-hydroxylation sites is 2. The first-order valence-corrected chi connectivity index (χ1v) is 8.02. The van der Waals surface area contributed by atoms with E-state index in [-0.39, 0.29) is 0 Å². The minimum atomic E-state index is 0.516. The van der Waals surface area contributed by atoms with Crippen molar-refractivity contribution in [3.63, 3.8) is 0 Å². The van der Waals surface area contributed by atoms with E-state index in [2.05, 4.69) is 20.2 Å². The normalized spacial score (nSPS) is 15.3. The minimum Gasteiger partial charge on any atom is -0.338 e. The fourth-order valence-electron chi connectivity index (χ4n) is 2.89.